The average molecular weight is 368 g/mol. The van der Waals surface area contributed by atoms with Gasteiger partial charge in [-0.2, -0.15) is 0 Å². The number of benzene rings is 1. The summed E-state index contributed by atoms with van der Waals surface area (Å²) in [6.07, 6.45) is 4.59. The summed E-state index contributed by atoms with van der Waals surface area (Å²) in [5, 5.41) is 2.20. The van der Waals surface area contributed by atoms with Crippen LogP contribution in [0.15, 0.2) is 18.2 Å². The minimum absolute atomic E-state index is 0.176. The van der Waals surface area contributed by atoms with Gasteiger partial charge in [-0.05, 0) is 25.0 Å². The molecule has 0 N–H and O–H groups in total. The number of hydrogen-bond donors (Lipinski definition) is 0. The van der Waals surface area contributed by atoms with E-state index in [4.69, 9.17) is 27.9 Å². The highest BCUT2D eigenvalue weighted by Gasteiger charge is 2.28. The number of halogens is 3. The highest BCUT2D eigenvalue weighted by molar-refractivity contribution is 9.09. The molecular formula is C15H21BrCl2O. The molecule has 0 unspecified atom stereocenters. The van der Waals surface area contributed by atoms with Gasteiger partial charge in [-0.3, -0.25) is 0 Å². The maximum Gasteiger partial charge on any atom is 0.139 e. The Bertz CT molecular complexity index is 390. The lowest BCUT2D eigenvalue weighted by Crippen LogP contribution is -2.30. The molecule has 4 heteroatoms. The van der Waals surface area contributed by atoms with Gasteiger partial charge in [0.15, 0.2) is 0 Å². The van der Waals surface area contributed by atoms with Gasteiger partial charge in [0, 0.05) is 21.8 Å². The van der Waals surface area contributed by atoms with Crippen LogP contribution in [0.4, 0.5) is 0 Å². The molecule has 0 aliphatic heterocycles. The summed E-state index contributed by atoms with van der Waals surface area (Å²) in [5.41, 5.74) is 0.176. The van der Waals surface area contributed by atoms with E-state index in [1.165, 1.54) is 0 Å². The molecule has 0 heterocycles. The van der Waals surface area contributed by atoms with E-state index in [1.54, 1.807) is 18.2 Å². The standard InChI is InChI=1S/C15H21BrCl2O/c1-3-7-15(10-16,8-4-2)11-19-14-9-12(17)5-6-13(14)18/h5-6,9H,3-4,7-8,10-11H2,1-2H3. The lowest BCUT2D eigenvalue weighted by atomic mass is 9.82. The first kappa shape index (κ1) is 17.1. The predicted octanol–water partition coefficient (Wildman–Crippen LogP) is 6.35. The summed E-state index contributed by atoms with van der Waals surface area (Å²) in [6, 6.07) is 5.32. The molecule has 0 radical (unpaired) electrons. The molecule has 0 saturated carbocycles. The zero-order valence-electron chi connectivity index (χ0n) is 11.5. The van der Waals surface area contributed by atoms with E-state index in [1.807, 2.05) is 0 Å². The van der Waals surface area contributed by atoms with E-state index in [0.717, 1.165) is 31.0 Å². The van der Waals surface area contributed by atoms with Crippen molar-refractivity contribution < 1.29 is 4.74 Å². The summed E-state index contributed by atoms with van der Waals surface area (Å²) >= 11 is 15.7. The van der Waals surface area contributed by atoms with Crippen LogP contribution in [0.3, 0.4) is 0 Å². The Labute approximate surface area is 134 Å². The SMILES string of the molecule is CCCC(CBr)(CCC)COc1cc(Cl)ccc1Cl. The zero-order valence-corrected chi connectivity index (χ0v) is 14.6. The minimum atomic E-state index is 0.176. The van der Waals surface area contributed by atoms with Crippen molar-refractivity contribution in [1.82, 2.24) is 0 Å². The maximum absolute atomic E-state index is 6.13. The summed E-state index contributed by atoms with van der Waals surface area (Å²) in [5.74, 6) is 0.673. The Balaban J connectivity index is 2.77. The summed E-state index contributed by atoms with van der Waals surface area (Å²) in [6.45, 7) is 5.08. The van der Waals surface area contributed by atoms with Gasteiger partial charge in [-0.25, -0.2) is 0 Å². The molecule has 0 amide bonds. The van der Waals surface area contributed by atoms with Crippen LogP contribution in [0.5, 0.6) is 5.75 Å². The molecular weight excluding hydrogens is 347 g/mol. The summed E-state index contributed by atoms with van der Waals surface area (Å²) in [7, 11) is 0. The lowest BCUT2D eigenvalue weighted by Gasteiger charge is -2.31. The number of rotatable bonds is 8. The molecule has 0 saturated heterocycles. The normalized spacial score (nSPS) is 11.6. The molecule has 0 spiro atoms. The second-order valence-electron chi connectivity index (χ2n) is 5.00. The maximum atomic E-state index is 6.13. The highest BCUT2D eigenvalue weighted by atomic mass is 79.9. The monoisotopic (exact) mass is 366 g/mol. The van der Waals surface area contributed by atoms with E-state index in [2.05, 4.69) is 29.8 Å². The lowest BCUT2D eigenvalue weighted by molar-refractivity contribution is 0.144. The van der Waals surface area contributed by atoms with Crippen LogP contribution in [0.2, 0.25) is 10.0 Å². The van der Waals surface area contributed by atoms with Gasteiger partial charge in [0.2, 0.25) is 0 Å². The fourth-order valence-electron chi connectivity index (χ4n) is 2.32. The van der Waals surface area contributed by atoms with E-state index in [9.17, 15) is 0 Å². The molecule has 108 valence electrons. The van der Waals surface area contributed by atoms with Crippen LogP contribution in [0.25, 0.3) is 0 Å². The average Bonchev–Trinajstić information content (AvgIpc) is 2.40. The molecule has 0 aliphatic rings. The van der Waals surface area contributed by atoms with Crippen LogP contribution in [-0.4, -0.2) is 11.9 Å². The van der Waals surface area contributed by atoms with Gasteiger partial charge in [0.05, 0.1) is 11.6 Å². The van der Waals surface area contributed by atoms with Crippen molar-refractivity contribution >= 4 is 39.1 Å². The predicted molar refractivity (Wildman–Crippen MR) is 88.0 cm³/mol. The fraction of sp³-hybridized carbons (Fsp3) is 0.600. The van der Waals surface area contributed by atoms with Gasteiger partial charge in [0.25, 0.3) is 0 Å². The second-order valence-corrected chi connectivity index (χ2v) is 6.40. The van der Waals surface area contributed by atoms with Gasteiger partial charge < -0.3 is 4.74 Å². The fourth-order valence-corrected chi connectivity index (χ4v) is 3.38. The van der Waals surface area contributed by atoms with Gasteiger partial charge in [-0.15, -0.1) is 0 Å². The first-order valence-corrected chi connectivity index (χ1v) is 8.58. The van der Waals surface area contributed by atoms with Crippen molar-refractivity contribution in [2.45, 2.75) is 39.5 Å². The smallest absolute Gasteiger partial charge is 0.139 e. The Hall–Kier alpha value is 0.0800. The summed E-state index contributed by atoms with van der Waals surface area (Å²) < 4.78 is 5.93. The quantitative estimate of drug-likeness (QED) is 0.486. The van der Waals surface area contributed by atoms with Crippen LogP contribution in [0.1, 0.15) is 39.5 Å². The van der Waals surface area contributed by atoms with E-state index in [0.29, 0.717) is 22.4 Å². The molecule has 0 aromatic heterocycles. The molecule has 19 heavy (non-hydrogen) atoms. The van der Waals surface area contributed by atoms with Crippen molar-refractivity contribution in [3.05, 3.63) is 28.2 Å². The molecule has 1 aromatic carbocycles. The first-order chi connectivity index (χ1) is 9.06. The molecule has 1 aromatic rings. The topological polar surface area (TPSA) is 9.23 Å². The van der Waals surface area contributed by atoms with Crippen LogP contribution in [0, 0.1) is 5.41 Å². The molecule has 1 rings (SSSR count). The number of hydrogen-bond acceptors (Lipinski definition) is 1. The molecule has 0 fully saturated rings. The van der Waals surface area contributed by atoms with E-state index >= 15 is 0 Å². The largest absolute Gasteiger partial charge is 0.491 e. The van der Waals surface area contributed by atoms with Crippen molar-refractivity contribution in [1.29, 1.82) is 0 Å². The van der Waals surface area contributed by atoms with Gasteiger partial charge in [-0.1, -0.05) is 65.8 Å². The van der Waals surface area contributed by atoms with Crippen molar-refractivity contribution in [2.24, 2.45) is 5.41 Å². The second kappa shape index (κ2) is 8.39. The molecule has 0 bridgehead atoms. The Morgan fingerprint density at radius 2 is 1.79 bits per heavy atom. The number of alkyl halides is 1. The third-order valence-electron chi connectivity index (χ3n) is 3.27. The molecule has 0 aliphatic carbocycles. The highest BCUT2D eigenvalue weighted by Crippen LogP contribution is 2.35. The molecule has 1 nitrogen and oxygen atoms in total. The van der Waals surface area contributed by atoms with E-state index in [-0.39, 0.29) is 5.41 Å². The Morgan fingerprint density at radius 1 is 1.16 bits per heavy atom. The Kier molecular flexibility index (Phi) is 7.56. The van der Waals surface area contributed by atoms with Crippen molar-refractivity contribution in [3.63, 3.8) is 0 Å². The first-order valence-electron chi connectivity index (χ1n) is 6.70. The summed E-state index contributed by atoms with van der Waals surface area (Å²) in [4.78, 5) is 0. The molecule has 0 atom stereocenters. The van der Waals surface area contributed by atoms with Crippen molar-refractivity contribution in [2.75, 3.05) is 11.9 Å². The van der Waals surface area contributed by atoms with E-state index < -0.39 is 0 Å². The minimum Gasteiger partial charge on any atom is -0.491 e. The van der Waals surface area contributed by atoms with Crippen LogP contribution in [-0.2, 0) is 0 Å². The third kappa shape index (κ3) is 5.17. The van der Waals surface area contributed by atoms with Gasteiger partial charge in [0.1, 0.15) is 5.75 Å². The number of ether oxygens (including phenoxy) is 1. The third-order valence-corrected chi connectivity index (χ3v) is 5.01. The van der Waals surface area contributed by atoms with Crippen LogP contribution >= 0.6 is 39.1 Å². The Morgan fingerprint density at radius 3 is 2.32 bits per heavy atom. The van der Waals surface area contributed by atoms with Crippen molar-refractivity contribution in [3.8, 4) is 5.75 Å². The van der Waals surface area contributed by atoms with Crippen LogP contribution < -0.4 is 4.74 Å². The van der Waals surface area contributed by atoms with Gasteiger partial charge >= 0.3 is 0 Å². The zero-order chi connectivity index (χ0) is 14.3.